The second kappa shape index (κ2) is 2.34. The van der Waals surface area contributed by atoms with E-state index in [9.17, 15) is 4.79 Å². The molecule has 9 heavy (non-hydrogen) atoms. The molecule has 0 fully saturated rings. The standard InChI is InChI=1S/C8H12O/c1-6-3-7(2)5-8(9)4-6/h4,7H,3,5H2,1-2H3/t7-/m0/s1. The lowest BCUT2D eigenvalue weighted by Gasteiger charge is -2.14. The largest absolute Gasteiger partial charge is 0.295 e. The van der Waals surface area contributed by atoms with Crippen LogP contribution in [0.1, 0.15) is 26.7 Å². The molecule has 50 valence electrons. The number of carbonyl (C=O) groups is 1. The second-order valence-corrected chi connectivity index (χ2v) is 2.97. The van der Waals surface area contributed by atoms with Crippen LogP contribution < -0.4 is 0 Å². The fourth-order valence-electron chi connectivity index (χ4n) is 1.36. The monoisotopic (exact) mass is 124 g/mol. The number of hydrogen-bond acceptors (Lipinski definition) is 1. The lowest BCUT2D eigenvalue weighted by molar-refractivity contribution is -0.115. The first-order valence-corrected chi connectivity index (χ1v) is 3.38. The van der Waals surface area contributed by atoms with Crippen LogP contribution in [-0.4, -0.2) is 5.78 Å². The van der Waals surface area contributed by atoms with E-state index in [1.54, 1.807) is 6.08 Å². The highest BCUT2D eigenvalue weighted by atomic mass is 16.1. The molecular formula is C8H12O. The molecule has 1 aliphatic rings. The zero-order valence-corrected chi connectivity index (χ0v) is 5.98. The molecule has 1 nitrogen and oxygen atoms in total. The van der Waals surface area contributed by atoms with E-state index < -0.39 is 0 Å². The van der Waals surface area contributed by atoms with Gasteiger partial charge in [0.05, 0.1) is 0 Å². The minimum Gasteiger partial charge on any atom is -0.295 e. The lowest BCUT2D eigenvalue weighted by atomic mass is 9.90. The highest BCUT2D eigenvalue weighted by molar-refractivity contribution is 5.91. The molecule has 0 radical (unpaired) electrons. The summed E-state index contributed by atoms with van der Waals surface area (Å²) in [6.07, 6.45) is 3.61. The Bertz CT molecular complexity index is 156. The Morgan fingerprint density at radius 1 is 1.56 bits per heavy atom. The van der Waals surface area contributed by atoms with Gasteiger partial charge in [0.15, 0.2) is 5.78 Å². The van der Waals surface area contributed by atoms with Gasteiger partial charge in [-0.2, -0.15) is 0 Å². The van der Waals surface area contributed by atoms with E-state index in [-0.39, 0.29) is 0 Å². The zero-order chi connectivity index (χ0) is 6.85. The molecule has 0 aromatic rings. The van der Waals surface area contributed by atoms with Crippen molar-refractivity contribution in [2.45, 2.75) is 26.7 Å². The first-order valence-electron chi connectivity index (χ1n) is 3.38. The summed E-state index contributed by atoms with van der Waals surface area (Å²) in [5.41, 5.74) is 1.23. The molecule has 0 saturated heterocycles. The first kappa shape index (κ1) is 6.53. The van der Waals surface area contributed by atoms with Gasteiger partial charge >= 0.3 is 0 Å². The Labute approximate surface area is 55.8 Å². The molecule has 0 saturated carbocycles. The van der Waals surface area contributed by atoms with Crippen molar-refractivity contribution in [3.63, 3.8) is 0 Å². The Balaban J connectivity index is 2.67. The van der Waals surface area contributed by atoms with E-state index in [1.807, 2.05) is 6.92 Å². The molecule has 0 N–H and O–H groups in total. The van der Waals surface area contributed by atoms with Crippen molar-refractivity contribution >= 4 is 5.78 Å². The molecule has 1 aliphatic carbocycles. The van der Waals surface area contributed by atoms with Crippen LogP contribution in [0.2, 0.25) is 0 Å². The van der Waals surface area contributed by atoms with Gasteiger partial charge in [0, 0.05) is 6.42 Å². The van der Waals surface area contributed by atoms with E-state index >= 15 is 0 Å². The minimum absolute atomic E-state index is 0.297. The summed E-state index contributed by atoms with van der Waals surface area (Å²) in [6, 6.07) is 0. The third kappa shape index (κ3) is 1.67. The summed E-state index contributed by atoms with van der Waals surface area (Å²) in [5.74, 6) is 0.869. The van der Waals surface area contributed by atoms with Crippen LogP contribution in [0.25, 0.3) is 0 Å². The van der Waals surface area contributed by atoms with Gasteiger partial charge < -0.3 is 0 Å². The molecule has 0 spiro atoms. The van der Waals surface area contributed by atoms with Crippen molar-refractivity contribution in [3.05, 3.63) is 11.6 Å². The summed E-state index contributed by atoms with van der Waals surface area (Å²) in [4.78, 5) is 10.8. The van der Waals surface area contributed by atoms with Crippen LogP contribution in [-0.2, 0) is 4.79 Å². The Morgan fingerprint density at radius 2 is 2.22 bits per heavy atom. The number of hydrogen-bond donors (Lipinski definition) is 0. The van der Waals surface area contributed by atoms with E-state index in [4.69, 9.17) is 0 Å². The van der Waals surface area contributed by atoms with Gasteiger partial charge in [0.2, 0.25) is 0 Å². The molecule has 0 aromatic carbocycles. The average molecular weight is 124 g/mol. The molecule has 0 bridgehead atoms. The van der Waals surface area contributed by atoms with Crippen molar-refractivity contribution in [1.82, 2.24) is 0 Å². The van der Waals surface area contributed by atoms with E-state index in [0.717, 1.165) is 12.8 Å². The minimum atomic E-state index is 0.297. The molecule has 1 heteroatoms. The second-order valence-electron chi connectivity index (χ2n) is 2.97. The summed E-state index contributed by atoms with van der Waals surface area (Å²) < 4.78 is 0. The fraction of sp³-hybridized carbons (Fsp3) is 0.625. The Morgan fingerprint density at radius 3 is 2.67 bits per heavy atom. The molecule has 0 unspecified atom stereocenters. The highest BCUT2D eigenvalue weighted by Gasteiger charge is 2.13. The summed E-state index contributed by atoms with van der Waals surface area (Å²) in [7, 11) is 0. The SMILES string of the molecule is CC1=CC(=O)C[C@@H](C)C1. The average Bonchev–Trinajstić information content (AvgIpc) is 1.59. The van der Waals surface area contributed by atoms with Gasteiger partial charge in [-0.3, -0.25) is 4.79 Å². The third-order valence-electron chi connectivity index (χ3n) is 1.63. The van der Waals surface area contributed by atoms with Crippen molar-refractivity contribution < 1.29 is 4.79 Å². The normalized spacial score (nSPS) is 28.0. The van der Waals surface area contributed by atoms with Gasteiger partial charge in [-0.1, -0.05) is 12.5 Å². The topological polar surface area (TPSA) is 17.1 Å². The Hall–Kier alpha value is -0.590. The van der Waals surface area contributed by atoms with Crippen molar-refractivity contribution in [3.8, 4) is 0 Å². The van der Waals surface area contributed by atoms with E-state index in [0.29, 0.717) is 11.7 Å². The van der Waals surface area contributed by atoms with E-state index in [1.165, 1.54) is 5.57 Å². The number of carbonyl (C=O) groups excluding carboxylic acids is 1. The maximum atomic E-state index is 10.8. The van der Waals surface area contributed by atoms with Crippen LogP contribution in [0, 0.1) is 5.92 Å². The van der Waals surface area contributed by atoms with Gasteiger partial charge in [-0.05, 0) is 25.3 Å². The summed E-state index contributed by atoms with van der Waals surface area (Å²) in [6.45, 7) is 4.14. The van der Waals surface area contributed by atoms with Crippen LogP contribution in [0.15, 0.2) is 11.6 Å². The third-order valence-corrected chi connectivity index (χ3v) is 1.63. The van der Waals surface area contributed by atoms with Crippen molar-refractivity contribution in [2.75, 3.05) is 0 Å². The molecule has 1 atom stereocenters. The van der Waals surface area contributed by atoms with Crippen molar-refractivity contribution in [1.29, 1.82) is 0 Å². The first-order chi connectivity index (χ1) is 4.18. The highest BCUT2D eigenvalue weighted by Crippen LogP contribution is 2.20. The number of ketones is 1. The smallest absolute Gasteiger partial charge is 0.155 e. The summed E-state index contributed by atoms with van der Waals surface area (Å²) in [5, 5.41) is 0. The van der Waals surface area contributed by atoms with Gasteiger partial charge in [-0.25, -0.2) is 0 Å². The lowest BCUT2D eigenvalue weighted by Crippen LogP contribution is -2.09. The molecule has 0 aliphatic heterocycles. The molecule has 0 amide bonds. The molecular weight excluding hydrogens is 112 g/mol. The van der Waals surface area contributed by atoms with Crippen molar-refractivity contribution in [2.24, 2.45) is 5.92 Å². The predicted molar refractivity (Wildman–Crippen MR) is 37.2 cm³/mol. The molecule has 0 heterocycles. The quantitative estimate of drug-likeness (QED) is 0.482. The van der Waals surface area contributed by atoms with Crippen LogP contribution >= 0.6 is 0 Å². The predicted octanol–water partition coefficient (Wildman–Crippen LogP) is 1.93. The number of allylic oxidation sites excluding steroid dienone is 2. The number of rotatable bonds is 0. The summed E-state index contributed by atoms with van der Waals surface area (Å²) >= 11 is 0. The maximum absolute atomic E-state index is 10.8. The van der Waals surface area contributed by atoms with Gasteiger partial charge in [0.25, 0.3) is 0 Å². The molecule has 0 aromatic heterocycles. The zero-order valence-electron chi connectivity index (χ0n) is 5.98. The Kier molecular flexibility index (Phi) is 1.70. The fourth-order valence-corrected chi connectivity index (χ4v) is 1.36. The van der Waals surface area contributed by atoms with Gasteiger partial charge in [-0.15, -0.1) is 0 Å². The van der Waals surface area contributed by atoms with E-state index in [2.05, 4.69) is 6.92 Å². The van der Waals surface area contributed by atoms with Crippen LogP contribution in [0.3, 0.4) is 0 Å². The van der Waals surface area contributed by atoms with Gasteiger partial charge in [0.1, 0.15) is 0 Å². The maximum Gasteiger partial charge on any atom is 0.155 e. The van der Waals surface area contributed by atoms with Crippen LogP contribution in [0.5, 0.6) is 0 Å². The molecule has 1 rings (SSSR count). The van der Waals surface area contributed by atoms with Crippen LogP contribution in [0.4, 0.5) is 0 Å².